The summed E-state index contributed by atoms with van der Waals surface area (Å²) in [5.41, 5.74) is 29.9. The van der Waals surface area contributed by atoms with E-state index >= 15 is 0 Å². The molecule has 0 saturated carbocycles. The third-order valence-electron chi connectivity index (χ3n) is 27.7. The molecule has 11 aromatic heterocycles. The molecule has 29 aromatic rings. The van der Waals surface area contributed by atoms with Gasteiger partial charge in [-0.25, -0.2) is 15.0 Å². The second-order valence-electron chi connectivity index (χ2n) is 35.8. The van der Waals surface area contributed by atoms with Crippen LogP contribution >= 0.6 is 11.3 Å². The Bertz CT molecular complexity index is 9670. The summed E-state index contributed by atoms with van der Waals surface area (Å²) in [4.78, 5) is 30.5. The SMILES string of the molecule is CC1(C)c2ccccc2-c2cc3c4ccccc4n(-c4ccc(-c5nc(-c6ccccc6)c6c(n5)oc5ccccc56)cc4)c3cc21.c1ccc(-c2nc(-c3cccc(-n4c5ccccc5c5cc6c(cc54)oc4ccccc46)c3)nc3oc4ccccc4c23)cc1.c1ccc(-c2nc(-c3cccc(-n4c5ccccc5c5cc6c(cc54)sc4ccccc46)c3)nc3oc4ccccc4c23)cc1. The highest BCUT2D eigenvalue weighted by Gasteiger charge is 2.37. The third kappa shape index (κ3) is 12.3. The van der Waals surface area contributed by atoms with Crippen LogP contribution in [0.25, 0.3) is 270 Å². The smallest absolute Gasteiger partial charge is 0.231 e. The number of hydrogen-bond donors (Lipinski definition) is 0. The first kappa shape index (κ1) is 77.8. The molecule has 0 amide bonds. The average Bonchev–Trinajstić information content (AvgIpc) is 1.55. The Hall–Kier alpha value is -18.0. The fraction of sp³-hybridized carbons (Fsp3) is 0.0244. The Labute approximate surface area is 786 Å². The summed E-state index contributed by atoms with van der Waals surface area (Å²) in [6, 6.07) is 146. The summed E-state index contributed by atoms with van der Waals surface area (Å²) >= 11 is 1.85. The lowest BCUT2D eigenvalue weighted by molar-refractivity contribution is 0.653. The number of aromatic nitrogens is 9. The first-order chi connectivity index (χ1) is 67.7. The number of rotatable bonds is 9. The summed E-state index contributed by atoms with van der Waals surface area (Å²) in [5.74, 6) is 1.89. The fourth-order valence-corrected chi connectivity index (χ4v) is 22.5. The Balaban J connectivity index is 0.000000102. The monoisotopic (exact) mass is 1770 g/mol. The predicted molar refractivity (Wildman–Crippen MR) is 561 cm³/mol. The minimum atomic E-state index is -0.0750. The summed E-state index contributed by atoms with van der Waals surface area (Å²) in [7, 11) is 0. The van der Waals surface area contributed by atoms with E-state index < -0.39 is 0 Å². The van der Waals surface area contributed by atoms with Gasteiger partial charge in [0, 0.05) is 141 Å². The molecule has 0 unspecified atom stereocenters. The molecule has 642 valence electrons. The van der Waals surface area contributed by atoms with Crippen molar-refractivity contribution in [3.63, 3.8) is 0 Å². The van der Waals surface area contributed by atoms with Crippen molar-refractivity contribution in [1.29, 1.82) is 0 Å². The van der Waals surface area contributed by atoms with Crippen molar-refractivity contribution in [3.8, 4) is 96.1 Å². The number of benzene rings is 18. The minimum Gasteiger partial charge on any atom is -0.456 e. The molecule has 14 heteroatoms. The van der Waals surface area contributed by atoms with E-state index in [-0.39, 0.29) is 5.41 Å². The lowest BCUT2D eigenvalue weighted by atomic mass is 9.82. The molecule has 0 spiro atoms. The van der Waals surface area contributed by atoms with Gasteiger partial charge in [0.25, 0.3) is 0 Å². The topological polar surface area (TPSA) is 145 Å². The molecule has 0 saturated heterocycles. The van der Waals surface area contributed by atoms with Crippen LogP contribution in [0.1, 0.15) is 25.0 Å². The van der Waals surface area contributed by atoms with E-state index in [1.807, 2.05) is 133 Å². The molecule has 18 aromatic carbocycles. The van der Waals surface area contributed by atoms with E-state index in [4.69, 9.17) is 47.6 Å². The minimum absolute atomic E-state index is 0.0750. The van der Waals surface area contributed by atoms with E-state index in [0.29, 0.717) is 34.6 Å². The van der Waals surface area contributed by atoms with E-state index in [1.165, 1.54) is 96.8 Å². The predicted octanol–water partition coefficient (Wildman–Crippen LogP) is 33.0. The molecule has 11 heterocycles. The van der Waals surface area contributed by atoms with Gasteiger partial charge < -0.3 is 31.4 Å². The highest BCUT2D eigenvalue weighted by molar-refractivity contribution is 7.25. The standard InChI is InChI=1S/C43H29N3O.C40H23N3O2.C40H23N3OS/c1-43(2)34-17-9-6-14-29(34)32-24-33-30-15-7-10-18-36(30)46(37(33)25-35(32)43)28-22-20-27(21-23-28)41-44-40(26-12-4-3-5-13-26)39-31-16-8-11-19-38(31)47-42(39)45-41;1-2-11-24(12-3-1)38-37-29-17-6-9-20-35(29)45-40(37)42-39(41-38)25-13-10-14-26(21-25)43-32-18-7-4-15-27(32)30-22-31-28-16-5-8-19-34(28)44-36(31)23-33(30)43;1-2-11-24(12-3-1)38-37-29-17-5-8-19-34(29)44-40(37)42-39(41-38)25-13-10-14-26(21-25)43-32-18-7-4-15-27(32)30-22-31-28-16-6-9-20-35(28)45-36(31)23-33(30)43/h3-25H,1-2H3;2*1-23H. The van der Waals surface area contributed by atoms with Crippen molar-refractivity contribution in [2.24, 2.45) is 0 Å². The molecule has 1 aliphatic rings. The zero-order valence-corrected chi connectivity index (χ0v) is 74.7. The number of furan rings is 4. The lowest BCUT2D eigenvalue weighted by Gasteiger charge is -2.21. The van der Waals surface area contributed by atoms with Gasteiger partial charge in [0.15, 0.2) is 17.5 Å². The van der Waals surface area contributed by atoms with Crippen molar-refractivity contribution in [2.75, 3.05) is 0 Å². The molecular weight excluding hydrogens is 1700 g/mol. The summed E-state index contributed by atoms with van der Waals surface area (Å²) < 4.78 is 34.9. The third-order valence-corrected chi connectivity index (χ3v) is 28.8. The van der Waals surface area contributed by atoms with Crippen LogP contribution in [0, 0.1) is 0 Å². The van der Waals surface area contributed by atoms with Gasteiger partial charge in [-0.3, -0.25) is 0 Å². The van der Waals surface area contributed by atoms with Crippen molar-refractivity contribution >= 4 is 185 Å². The molecule has 0 bridgehead atoms. The molecule has 0 radical (unpaired) electrons. The van der Waals surface area contributed by atoms with Gasteiger partial charge in [0.05, 0.1) is 66.3 Å². The van der Waals surface area contributed by atoms with Crippen molar-refractivity contribution < 1.29 is 17.7 Å². The lowest BCUT2D eigenvalue weighted by Crippen LogP contribution is -2.14. The maximum Gasteiger partial charge on any atom is 0.231 e. The number of nitrogens with zero attached hydrogens (tertiary/aromatic N) is 9. The van der Waals surface area contributed by atoms with Gasteiger partial charge in [0.1, 0.15) is 27.9 Å². The number of hydrogen-bond acceptors (Lipinski definition) is 11. The van der Waals surface area contributed by atoms with Crippen LogP contribution in [0.2, 0.25) is 0 Å². The molecule has 0 fully saturated rings. The first-order valence-electron chi connectivity index (χ1n) is 46.1. The molecular formula is C123H75N9O4S. The van der Waals surface area contributed by atoms with Gasteiger partial charge in [-0.05, 0) is 150 Å². The normalized spacial score (nSPS) is 12.5. The average molecular weight is 1780 g/mol. The van der Waals surface area contributed by atoms with Crippen LogP contribution in [-0.2, 0) is 5.41 Å². The van der Waals surface area contributed by atoms with Crippen molar-refractivity contribution in [2.45, 2.75) is 19.3 Å². The van der Waals surface area contributed by atoms with Gasteiger partial charge in [0.2, 0.25) is 17.1 Å². The Morgan fingerprint density at radius 1 is 0.212 bits per heavy atom. The molecule has 0 N–H and O–H groups in total. The van der Waals surface area contributed by atoms with E-state index in [0.717, 1.165) is 150 Å². The summed E-state index contributed by atoms with van der Waals surface area (Å²) in [6.07, 6.45) is 0. The van der Waals surface area contributed by atoms with E-state index in [2.05, 4.69) is 325 Å². The summed E-state index contributed by atoms with van der Waals surface area (Å²) in [6.45, 7) is 4.68. The van der Waals surface area contributed by atoms with E-state index in [1.54, 1.807) is 0 Å². The highest BCUT2D eigenvalue weighted by atomic mass is 32.1. The first-order valence-corrected chi connectivity index (χ1v) is 46.9. The zero-order valence-electron chi connectivity index (χ0n) is 73.9. The quantitative estimate of drug-likeness (QED) is 0.137. The largest absolute Gasteiger partial charge is 0.456 e. The molecule has 137 heavy (non-hydrogen) atoms. The van der Waals surface area contributed by atoms with Crippen molar-refractivity contribution in [1.82, 2.24) is 43.6 Å². The van der Waals surface area contributed by atoms with Crippen LogP contribution in [0.3, 0.4) is 0 Å². The van der Waals surface area contributed by atoms with E-state index in [9.17, 15) is 0 Å². The Morgan fingerprint density at radius 2 is 0.591 bits per heavy atom. The van der Waals surface area contributed by atoms with Crippen LogP contribution in [0.15, 0.2) is 436 Å². The fourth-order valence-electron chi connectivity index (χ4n) is 21.4. The second kappa shape index (κ2) is 30.5. The summed E-state index contributed by atoms with van der Waals surface area (Å²) in [5, 5.41) is 18.1. The molecule has 30 rings (SSSR count). The Kier molecular flexibility index (Phi) is 17.3. The van der Waals surface area contributed by atoms with Gasteiger partial charge in [-0.1, -0.05) is 299 Å². The van der Waals surface area contributed by atoms with Crippen LogP contribution in [-0.4, -0.2) is 43.6 Å². The van der Waals surface area contributed by atoms with Crippen LogP contribution < -0.4 is 0 Å². The molecule has 0 atom stereocenters. The van der Waals surface area contributed by atoms with Crippen molar-refractivity contribution in [3.05, 3.63) is 430 Å². The Morgan fingerprint density at radius 3 is 1.09 bits per heavy atom. The maximum absolute atomic E-state index is 6.32. The number of para-hydroxylation sites is 7. The molecule has 13 nitrogen and oxygen atoms in total. The van der Waals surface area contributed by atoms with Gasteiger partial charge in [-0.15, -0.1) is 11.3 Å². The van der Waals surface area contributed by atoms with Gasteiger partial charge in [-0.2, -0.15) is 15.0 Å². The highest BCUT2D eigenvalue weighted by Crippen LogP contribution is 2.53. The number of thiophene rings is 1. The van der Waals surface area contributed by atoms with Crippen LogP contribution in [0.4, 0.5) is 0 Å². The zero-order chi connectivity index (χ0) is 90.2. The molecule has 1 aliphatic carbocycles. The van der Waals surface area contributed by atoms with Crippen LogP contribution in [0.5, 0.6) is 0 Å². The van der Waals surface area contributed by atoms with Gasteiger partial charge >= 0.3 is 0 Å². The second-order valence-corrected chi connectivity index (χ2v) is 36.9. The maximum atomic E-state index is 6.32. The number of fused-ring (bicyclic) bond motifs is 27. The molecule has 0 aliphatic heterocycles.